The smallest absolute Gasteiger partial charge is 0.305 e. The number of rotatable bonds is 7. The quantitative estimate of drug-likeness (QED) is 0.770. The van der Waals surface area contributed by atoms with Gasteiger partial charge in [-0.3, -0.25) is 9.69 Å². The molecule has 3 nitrogen and oxygen atoms in total. The number of thioether (sulfide) groups is 1. The summed E-state index contributed by atoms with van der Waals surface area (Å²) in [7, 11) is 0. The summed E-state index contributed by atoms with van der Waals surface area (Å²) in [5, 5.41) is 9.06. The van der Waals surface area contributed by atoms with Gasteiger partial charge in [-0.2, -0.15) is 0 Å². The monoisotopic (exact) mass is 267 g/mol. The Bertz CT molecular complexity index is 374. The van der Waals surface area contributed by atoms with Crippen molar-refractivity contribution < 1.29 is 9.90 Å². The molecule has 1 aromatic rings. The van der Waals surface area contributed by atoms with E-state index < -0.39 is 5.97 Å². The summed E-state index contributed by atoms with van der Waals surface area (Å²) in [5.41, 5.74) is 1.08. The maximum atomic E-state index is 11.0. The fourth-order valence-electron chi connectivity index (χ4n) is 2.11. The van der Waals surface area contributed by atoms with Gasteiger partial charge in [0.1, 0.15) is 0 Å². The van der Waals surface area contributed by atoms with E-state index in [1.165, 1.54) is 4.90 Å². The Hall–Kier alpha value is -1.00. The van der Waals surface area contributed by atoms with Crippen molar-refractivity contribution in [1.29, 1.82) is 0 Å². The van der Waals surface area contributed by atoms with Crippen molar-refractivity contribution in [2.75, 3.05) is 19.3 Å². The summed E-state index contributed by atoms with van der Waals surface area (Å²) < 4.78 is 0. The highest BCUT2D eigenvalue weighted by Gasteiger charge is 2.20. The van der Waals surface area contributed by atoms with E-state index in [9.17, 15) is 4.79 Å². The molecule has 0 heterocycles. The predicted molar refractivity (Wildman–Crippen MR) is 76.1 cm³/mol. The van der Waals surface area contributed by atoms with Crippen LogP contribution in [0.4, 0.5) is 0 Å². The van der Waals surface area contributed by atoms with Crippen molar-refractivity contribution in [3.05, 3.63) is 29.8 Å². The van der Waals surface area contributed by atoms with Crippen LogP contribution in [0.2, 0.25) is 0 Å². The van der Waals surface area contributed by atoms with Gasteiger partial charge in [-0.25, -0.2) is 0 Å². The van der Waals surface area contributed by atoms with Gasteiger partial charge in [0.25, 0.3) is 0 Å². The molecule has 0 spiro atoms. The number of carboxylic acid groups (broad SMARTS) is 1. The summed E-state index contributed by atoms with van der Waals surface area (Å²) in [6.07, 6.45) is 2.19. The fourth-order valence-corrected chi connectivity index (χ4v) is 2.52. The van der Waals surface area contributed by atoms with E-state index in [0.717, 1.165) is 18.7 Å². The van der Waals surface area contributed by atoms with Gasteiger partial charge >= 0.3 is 5.97 Å². The predicted octanol–water partition coefficient (Wildman–Crippen LogP) is 3.27. The molecule has 1 rings (SSSR count). The summed E-state index contributed by atoms with van der Waals surface area (Å²) >= 11 is 1.69. The SMILES string of the molecule is CCN(CC)C(CC(=O)O)c1ccc(SC)cc1. The zero-order valence-corrected chi connectivity index (χ0v) is 12.0. The Labute approximate surface area is 113 Å². The molecule has 0 amide bonds. The fraction of sp³-hybridized carbons (Fsp3) is 0.500. The molecule has 0 bridgehead atoms. The number of nitrogens with zero attached hydrogens (tertiary/aromatic N) is 1. The molecule has 4 heteroatoms. The molecule has 1 unspecified atom stereocenters. The van der Waals surface area contributed by atoms with Gasteiger partial charge in [-0.1, -0.05) is 26.0 Å². The van der Waals surface area contributed by atoms with Crippen LogP contribution in [0.15, 0.2) is 29.2 Å². The van der Waals surface area contributed by atoms with Crippen LogP contribution in [0.1, 0.15) is 31.9 Å². The van der Waals surface area contributed by atoms with Crippen molar-refractivity contribution in [1.82, 2.24) is 4.90 Å². The highest BCUT2D eigenvalue weighted by molar-refractivity contribution is 7.98. The molecule has 0 aromatic heterocycles. The number of carboxylic acids is 1. The van der Waals surface area contributed by atoms with Gasteiger partial charge in [0, 0.05) is 10.9 Å². The van der Waals surface area contributed by atoms with Crippen molar-refractivity contribution in [3.8, 4) is 0 Å². The minimum Gasteiger partial charge on any atom is -0.481 e. The minimum absolute atomic E-state index is 0.0339. The van der Waals surface area contributed by atoms with Crippen LogP contribution >= 0.6 is 11.8 Å². The number of aliphatic carboxylic acids is 1. The van der Waals surface area contributed by atoms with Gasteiger partial charge in [-0.05, 0) is 37.0 Å². The third-order valence-corrected chi connectivity index (χ3v) is 3.87. The van der Waals surface area contributed by atoms with Crippen LogP contribution < -0.4 is 0 Å². The van der Waals surface area contributed by atoms with Crippen molar-refractivity contribution in [2.24, 2.45) is 0 Å². The Kier molecular flexibility index (Phi) is 6.22. The molecule has 18 heavy (non-hydrogen) atoms. The molecule has 0 fully saturated rings. The second-order valence-corrected chi connectivity index (χ2v) is 4.99. The second kappa shape index (κ2) is 7.44. The van der Waals surface area contributed by atoms with E-state index in [-0.39, 0.29) is 12.5 Å². The Morgan fingerprint density at radius 2 is 1.83 bits per heavy atom. The first kappa shape index (κ1) is 15.1. The first-order valence-electron chi connectivity index (χ1n) is 6.22. The lowest BCUT2D eigenvalue weighted by molar-refractivity contribution is -0.138. The van der Waals surface area contributed by atoms with E-state index >= 15 is 0 Å². The first-order valence-corrected chi connectivity index (χ1v) is 7.44. The lowest BCUT2D eigenvalue weighted by Crippen LogP contribution is -2.30. The zero-order chi connectivity index (χ0) is 13.5. The molecule has 0 saturated carbocycles. The van der Waals surface area contributed by atoms with Crippen molar-refractivity contribution in [2.45, 2.75) is 31.2 Å². The molecule has 0 aliphatic rings. The van der Waals surface area contributed by atoms with E-state index in [2.05, 4.69) is 30.9 Å². The Morgan fingerprint density at radius 3 is 2.22 bits per heavy atom. The van der Waals surface area contributed by atoms with Crippen LogP contribution in [0, 0.1) is 0 Å². The van der Waals surface area contributed by atoms with Gasteiger partial charge < -0.3 is 5.11 Å². The van der Waals surface area contributed by atoms with Gasteiger partial charge in [0.15, 0.2) is 0 Å². The average Bonchev–Trinajstić information content (AvgIpc) is 2.38. The Balaban J connectivity index is 2.96. The number of hydrogen-bond acceptors (Lipinski definition) is 3. The second-order valence-electron chi connectivity index (χ2n) is 4.11. The molecule has 1 atom stereocenters. The molecule has 100 valence electrons. The molecule has 0 radical (unpaired) electrons. The van der Waals surface area contributed by atoms with Gasteiger partial charge in [0.05, 0.1) is 6.42 Å². The van der Waals surface area contributed by atoms with E-state index in [0.29, 0.717) is 0 Å². The lowest BCUT2D eigenvalue weighted by atomic mass is 10.0. The third-order valence-electron chi connectivity index (χ3n) is 3.12. The minimum atomic E-state index is -0.749. The topological polar surface area (TPSA) is 40.5 Å². The van der Waals surface area contributed by atoms with E-state index in [1.807, 2.05) is 18.4 Å². The molecular formula is C14H21NO2S. The average molecular weight is 267 g/mol. The van der Waals surface area contributed by atoms with Crippen LogP contribution in [0.5, 0.6) is 0 Å². The van der Waals surface area contributed by atoms with Gasteiger partial charge in [-0.15, -0.1) is 11.8 Å². The molecule has 0 aliphatic carbocycles. The van der Waals surface area contributed by atoms with Crippen LogP contribution in [0.25, 0.3) is 0 Å². The standard InChI is InChI=1S/C14H21NO2S/c1-4-15(5-2)13(10-14(16)17)11-6-8-12(18-3)9-7-11/h6-9,13H,4-5,10H2,1-3H3,(H,16,17). The lowest BCUT2D eigenvalue weighted by Gasteiger charge is -2.29. The Morgan fingerprint density at radius 1 is 1.28 bits per heavy atom. The van der Waals surface area contributed by atoms with Crippen LogP contribution in [0.3, 0.4) is 0 Å². The van der Waals surface area contributed by atoms with Crippen LogP contribution in [-0.4, -0.2) is 35.3 Å². The molecule has 0 aliphatic heterocycles. The van der Waals surface area contributed by atoms with E-state index in [1.54, 1.807) is 11.8 Å². The van der Waals surface area contributed by atoms with Crippen LogP contribution in [-0.2, 0) is 4.79 Å². The highest BCUT2D eigenvalue weighted by Crippen LogP contribution is 2.26. The zero-order valence-electron chi connectivity index (χ0n) is 11.2. The van der Waals surface area contributed by atoms with Crippen molar-refractivity contribution in [3.63, 3.8) is 0 Å². The summed E-state index contributed by atoms with van der Waals surface area (Å²) in [4.78, 5) is 14.4. The van der Waals surface area contributed by atoms with Crippen molar-refractivity contribution >= 4 is 17.7 Å². The summed E-state index contributed by atoms with van der Waals surface area (Å²) in [6, 6.07) is 8.15. The maximum absolute atomic E-state index is 11.0. The van der Waals surface area contributed by atoms with Gasteiger partial charge in [0.2, 0.25) is 0 Å². The highest BCUT2D eigenvalue weighted by atomic mass is 32.2. The number of benzene rings is 1. The largest absolute Gasteiger partial charge is 0.481 e. The third kappa shape index (κ3) is 4.03. The molecule has 1 aromatic carbocycles. The number of hydrogen-bond donors (Lipinski definition) is 1. The number of carbonyl (C=O) groups is 1. The summed E-state index contributed by atoms with van der Waals surface area (Å²) in [6.45, 7) is 5.85. The molecule has 0 saturated heterocycles. The maximum Gasteiger partial charge on any atom is 0.305 e. The first-order chi connectivity index (χ1) is 8.62. The summed E-state index contributed by atoms with van der Waals surface area (Å²) in [5.74, 6) is -0.749. The normalized spacial score (nSPS) is 12.7. The van der Waals surface area contributed by atoms with E-state index in [4.69, 9.17) is 5.11 Å². The molecule has 1 N–H and O–H groups in total. The molecular weight excluding hydrogens is 246 g/mol.